The molecule has 2 N–H and O–H groups in total. The lowest BCUT2D eigenvalue weighted by molar-refractivity contribution is 0.255. The normalized spacial score (nSPS) is 10.1. The summed E-state index contributed by atoms with van der Waals surface area (Å²) >= 11 is 0. The van der Waals surface area contributed by atoms with Gasteiger partial charge in [-0.25, -0.2) is 4.79 Å². The third kappa shape index (κ3) is 2.94. The predicted octanol–water partition coefficient (Wildman–Crippen LogP) is 2.65. The highest BCUT2D eigenvalue weighted by molar-refractivity contribution is 5.90. The maximum Gasteiger partial charge on any atom is 0.323 e. The van der Waals surface area contributed by atoms with Crippen molar-refractivity contribution < 1.29 is 4.79 Å². The van der Waals surface area contributed by atoms with Crippen LogP contribution in [0.4, 0.5) is 10.5 Å². The molecule has 0 saturated carbocycles. The second kappa shape index (κ2) is 5.07. The Kier molecular flexibility index (Phi) is 3.73. The molecule has 1 aromatic rings. The Bertz CT molecular complexity index is 345. The van der Waals surface area contributed by atoms with Gasteiger partial charge in [0.2, 0.25) is 0 Å². The predicted molar refractivity (Wildman–Crippen MR) is 58.1 cm³/mol. The first-order valence-corrected chi connectivity index (χ1v) is 4.48. The van der Waals surface area contributed by atoms with Gasteiger partial charge in [0.05, 0.1) is 0 Å². The highest BCUT2D eigenvalue weighted by atomic mass is 16.2. The molecule has 0 radical (unpaired) electrons. The van der Waals surface area contributed by atoms with E-state index in [9.17, 15) is 4.79 Å². The molecule has 0 unspecified atom stereocenters. The molecule has 0 aliphatic rings. The Hall–Kier alpha value is -1.77. The molecule has 1 rings (SSSR count). The van der Waals surface area contributed by atoms with Crippen LogP contribution in [-0.2, 0) is 0 Å². The summed E-state index contributed by atoms with van der Waals surface area (Å²) in [6, 6.07) is 7.41. The molecule has 0 aliphatic heterocycles. The maximum absolute atomic E-state index is 11.3. The third-order valence-corrected chi connectivity index (χ3v) is 1.77. The van der Waals surface area contributed by atoms with E-state index in [0.717, 1.165) is 11.3 Å². The molecule has 0 aromatic heterocycles. The summed E-state index contributed by atoms with van der Waals surface area (Å²) in [7, 11) is 0. The molecular weight excluding hydrogens is 176 g/mol. The molecule has 0 bridgehead atoms. The molecule has 2 amide bonds. The number of hydrogen-bond donors (Lipinski definition) is 2. The van der Waals surface area contributed by atoms with Crippen molar-refractivity contribution in [2.45, 2.75) is 13.8 Å². The number of urea groups is 1. The quantitative estimate of drug-likeness (QED) is 0.739. The number of amides is 2. The number of anilines is 1. The van der Waals surface area contributed by atoms with Gasteiger partial charge in [0.15, 0.2) is 0 Å². The first-order chi connectivity index (χ1) is 6.74. The van der Waals surface area contributed by atoms with Crippen LogP contribution >= 0.6 is 0 Å². The van der Waals surface area contributed by atoms with Gasteiger partial charge in [-0.3, -0.25) is 0 Å². The van der Waals surface area contributed by atoms with Gasteiger partial charge in [-0.15, -0.1) is 0 Å². The molecule has 0 heterocycles. The van der Waals surface area contributed by atoms with E-state index in [0.29, 0.717) is 0 Å². The third-order valence-electron chi connectivity index (χ3n) is 1.77. The number of para-hydroxylation sites is 1. The Labute approximate surface area is 83.8 Å². The van der Waals surface area contributed by atoms with Crippen molar-refractivity contribution in [2.24, 2.45) is 0 Å². The van der Waals surface area contributed by atoms with Crippen LogP contribution in [0.3, 0.4) is 0 Å². The van der Waals surface area contributed by atoms with Crippen molar-refractivity contribution in [3.05, 3.63) is 42.1 Å². The molecule has 0 saturated heterocycles. The minimum absolute atomic E-state index is 0.225. The van der Waals surface area contributed by atoms with E-state index in [1.165, 1.54) is 0 Å². The average molecular weight is 190 g/mol. The van der Waals surface area contributed by atoms with E-state index >= 15 is 0 Å². The van der Waals surface area contributed by atoms with Gasteiger partial charge < -0.3 is 10.6 Å². The van der Waals surface area contributed by atoms with E-state index in [1.54, 1.807) is 12.3 Å². The van der Waals surface area contributed by atoms with Gasteiger partial charge in [-0.1, -0.05) is 24.3 Å². The molecule has 74 valence electrons. The van der Waals surface area contributed by atoms with Crippen molar-refractivity contribution in [2.75, 3.05) is 5.32 Å². The summed E-state index contributed by atoms with van der Waals surface area (Å²) in [5.41, 5.74) is 1.87. The summed E-state index contributed by atoms with van der Waals surface area (Å²) < 4.78 is 0. The van der Waals surface area contributed by atoms with E-state index in [4.69, 9.17) is 0 Å². The Morgan fingerprint density at radius 3 is 2.71 bits per heavy atom. The highest BCUT2D eigenvalue weighted by Crippen LogP contribution is 2.12. The van der Waals surface area contributed by atoms with Crippen molar-refractivity contribution in [3.8, 4) is 0 Å². The smallest absolute Gasteiger partial charge is 0.315 e. The van der Waals surface area contributed by atoms with Gasteiger partial charge in [0.25, 0.3) is 0 Å². The van der Waals surface area contributed by atoms with Gasteiger partial charge >= 0.3 is 6.03 Å². The Morgan fingerprint density at radius 1 is 1.36 bits per heavy atom. The lowest BCUT2D eigenvalue weighted by Gasteiger charge is -2.06. The van der Waals surface area contributed by atoms with Crippen LogP contribution in [0.5, 0.6) is 0 Å². The number of benzene rings is 1. The first kappa shape index (κ1) is 10.3. The van der Waals surface area contributed by atoms with Crippen LogP contribution in [0.25, 0.3) is 0 Å². The van der Waals surface area contributed by atoms with Crippen LogP contribution in [0.2, 0.25) is 0 Å². The van der Waals surface area contributed by atoms with E-state index in [-0.39, 0.29) is 6.03 Å². The lowest BCUT2D eigenvalue weighted by atomic mass is 10.2. The monoisotopic (exact) mass is 190 g/mol. The van der Waals surface area contributed by atoms with Crippen LogP contribution < -0.4 is 10.6 Å². The topological polar surface area (TPSA) is 41.1 Å². The maximum atomic E-state index is 11.3. The second-order valence-corrected chi connectivity index (χ2v) is 2.91. The molecule has 14 heavy (non-hydrogen) atoms. The summed E-state index contributed by atoms with van der Waals surface area (Å²) in [5.74, 6) is 0. The molecule has 0 atom stereocenters. The number of allylic oxidation sites excluding steroid dienone is 1. The summed E-state index contributed by atoms with van der Waals surface area (Å²) in [6.45, 7) is 3.79. The Balaban J connectivity index is 2.60. The molecule has 3 heteroatoms. The van der Waals surface area contributed by atoms with Crippen molar-refractivity contribution in [1.82, 2.24) is 5.32 Å². The summed E-state index contributed by atoms with van der Waals surface area (Å²) in [6.07, 6.45) is 3.35. The number of rotatable bonds is 2. The zero-order valence-electron chi connectivity index (χ0n) is 8.37. The van der Waals surface area contributed by atoms with Crippen LogP contribution in [0.1, 0.15) is 12.5 Å². The van der Waals surface area contributed by atoms with E-state index in [1.807, 2.05) is 38.1 Å². The molecule has 0 fully saturated rings. The highest BCUT2D eigenvalue weighted by Gasteiger charge is 2.00. The van der Waals surface area contributed by atoms with Gasteiger partial charge in [0.1, 0.15) is 0 Å². The largest absolute Gasteiger partial charge is 0.323 e. The average Bonchev–Trinajstić information content (AvgIpc) is 2.18. The van der Waals surface area contributed by atoms with E-state index in [2.05, 4.69) is 10.6 Å². The molecular formula is C11H14N2O. The number of aryl methyl sites for hydroxylation is 1. The lowest BCUT2D eigenvalue weighted by Crippen LogP contribution is -2.24. The van der Waals surface area contributed by atoms with Crippen molar-refractivity contribution >= 4 is 11.7 Å². The molecule has 0 aliphatic carbocycles. The first-order valence-electron chi connectivity index (χ1n) is 4.48. The van der Waals surface area contributed by atoms with Gasteiger partial charge in [-0.2, -0.15) is 0 Å². The van der Waals surface area contributed by atoms with Crippen LogP contribution in [-0.4, -0.2) is 6.03 Å². The van der Waals surface area contributed by atoms with Gasteiger partial charge in [-0.05, 0) is 25.5 Å². The number of hydrogen-bond acceptors (Lipinski definition) is 1. The Morgan fingerprint density at radius 2 is 2.07 bits per heavy atom. The number of nitrogens with one attached hydrogen (secondary N) is 2. The van der Waals surface area contributed by atoms with Crippen LogP contribution in [0, 0.1) is 6.92 Å². The molecule has 3 nitrogen and oxygen atoms in total. The number of carbonyl (C=O) groups is 1. The summed E-state index contributed by atoms with van der Waals surface area (Å²) in [5, 5.41) is 5.32. The minimum Gasteiger partial charge on any atom is -0.315 e. The standard InChI is InChI=1S/C11H14N2O/c1-3-8-12-11(14)13-10-7-5-4-6-9(10)2/h3-8H,1-2H3,(H2,12,13,14)/b8-3+. The fourth-order valence-electron chi connectivity index (χ4n) is 1.03. The van der Waals surface area contributed by atoms with Crippen molar-refractivity contribution in [1.29, 1.82) is 0 Å². The fraction of sp³-hybridized carbons (Fsp3) is 0.182. The minimum atomic E-state index is -0.225. The van der Waals surface area contributed by atoms with Crippen molar-refractivity contribution in [3.63, 3.8) is 0 Å². The number of carbonyl (C=O) groups excluding carboxylic acids is 1. The zero-order chi connectivity index (χ0) is 10.4. The van der Waals surface area contributed by atoms with Crippen LogP contribution in [0.15, 0.2) is 36.5 Å². The van der Waals surface area contributed by atoms with E-state index < -0.39 is 0 Å². The molecule has 1 aromatic carbocycles. The SMILES string of the molecule is C/C=C/NC(=O)Nc1ccccc1C. The zero-order valence-corrected chi connectivity index (χ0v) is 8.37. The fourth-order valence-corrected chi connectivity index (χ4v) is 1.03. The van der Waals surface area contributed by atoms with Gasteiger partial charge in [0, 0.05) is 11.9 Å². The molecule has 0 spiro atoms. The second-order valence-electron chi connectivity index (χ2n) is 2.91. The summed E-state index contributed by atoms with van der Waals surface area (Å²) in [4.78, 5) is 11.3.